The van der Waals surface area contributed by atoms with Crippen LogP contribution in [-0.4, -0.2) is 19.5 Å². The van der Waals surface area contributed by atoms with Gasteiger partial charge in [-0.3, -0.25) is 0 Å². The minimum absolute atomic E-state index is 0.0673. The summed E-state index contributed by atoms with van der Waals surface area (Å²) in [6.45, 7) is 2.01. The highest BCUT2D eigenvalue weighted by atomic mass is 19.1. The zero-order valence-corrected chi connectivity index (χ0v) is 15.0. The highest BCUT2D eigenvalue weighted by Gasteiger charge is 2.41. The smallest absolute Gasteiger partial charge is 0.157 e. The molecule has 2 heterocycles. The predicted octanol–water partition coefficient (Wildman–Crippen LogP) is 4.92. The molecule has 0 N–H and O–H groups in total. The molecule has 4 rings (SSSR count). The van der Waals surface area contributed by atoms with Crippen LogP contribution in [0.4, 0.5) is 4.39 Å². The lowest BCUT2D eigenvalue weighted by Gasteiger charge is -2.31. The van der Waals surface area contributed by atoms with Gasteiger partial charge < -0.3 is 14.2 Å². The first kappa shape index (κ1) is 17.7. The maximum atomic E-state index is 13.4. The second-order valence-corrected chi connectivity index (χ2v) is 7.05. The molecule has 138 valence electrons. The van der Waals surface area contributed by atoms with E-state index < -0.39 is 5.60 Å². The molecule has 2 aromatic rings. The number of benzene rings is 2. The lowest BCUT2D eigenvalue weighted by Crippen LogP contribution is -2.28. The van der Waals surface area contributed by atoms with E-state index in [9.17, 15) is 4.39 Å². The molecule has 0 saturated carbocycles. The molecule has 26 heavy (non-hydrogen) atoms. The second kappa shape index (κ2) is 7.87. The second-order valence-electron chi connectivity index (χ2n) is 7.05. The Kier molecular flexibility index (Phi) is 5.34. The molecule has 1 fully saturated rings. The maximum Gasteiger partial charge on any atom is 0.157 e. The zero-order valence-electron chi connectivity index (χ0n) is 15.0. The fourth-order valence-electron chi connectivity index (χ4n) is 4.01. The molecule has 2 aromatic carbocycles. The van der Waals surface area contributed by atoms with E-state index in [4.69, 9.17) is 14.2 Å². The highest BCUT2D eigenvalue weighted by molar-refractivity contribution is 5.44. The zero-order chi connectivity index (χ0) is 17.8. The summed E-state index contributed by atoms with van der Waals surface area (Å²) in [4.78, 5) is 0. The van der Waals surface area contributed by atoms with E-state index in [0.717, 1.165) is 37.9 Å². The number of hydrogen-bond donors (Lipinski definition) is 0. The fourth-order valence-corrected chi connectivity index (χ4v) is 4.01. The Hall–Kier alpha value is -1.75. The Labute approximate surface area is 154 Å². The Bertz CT molecular complexity index is 724. The van der Waals surface area contributed by atoms with Crippen molar-refractivity contribution >= 4 is 0 Å². The molecular weight excluding hydrogens is 331 g/mol. The molecule has 1 saturated heterocycles. The minimum atomic E-state index is -0.527. The summed E-state index contributed by atoms with van der Waals surface area (Å²) < 4.78 is 31.3. The first-order valence-electron chi connectivity index (χ1n) is 9.49. The van der Waals surface area contributed by atoms with Crippen molar-refractivity contribution in [2.75, 3.05) is 13.2 Å². The molecule has 0 bridgehead atoms. The van der Waals surface area contributed by atoms with E-state index in [2.05, 4.69) is 12.1 Å². The third-order valence-electron chi connectivity index (χ3n) is 5.35. The molecule has 3 nitrogen and oxygen atoms in total. The summed E-state index contributed by atoms with van der Waals surface area (Å²) in [7, 11) is 0. The molecular formula is C22H25FO3. The summed E-state index contributed by atoms with van der Waals surface area (Å²) in [5.74, 6) is -0.229. The van der Waals surface area contributed by atoms with Crippen molar-refractivity contribution in [3.63, 3.8) is 0 Å². The minimum Gasteiger partial charge on any atom is -0.361 e. The third kappa shape index (κ3) is 3.54. The van der Waals surface area contributed by atoms with Crippen LogP contribution >= 0.6 is 0 Å². The van der Waals surface area contributed by atoms with Gasteiger partial charge in [-0.1, -0.05) is 36.4 Å². The molecule has 0 spiro atoms. The van der Waals surface area contributed by atoms with Crippen LogP contribution in [0.1, 0.15) is 48.8 Å². The van der Waals surface area contributed by atoms with E-state index in [1.807, 2.05) is 24.3 Å². The molecule has 0 amide bonds. The van der Waals surface area contributed by atoms with Crippen molar-refractivity contribution in [3.8, 4) is 0 Å². The van der Waals surface area contributed by atoms with Crippen molar-refractivity contribution < 1.29 is 18.6 Å². The van der Waals surface area contributed by atoms with Gasteiger partial charge >= 0.3 is 0 Å². The summed E-state index contributed by atoms with van der Waals surface area (Å²) in [5.41, 5.74) is 2.85. The molecule has 2 aliphatic heterocycles. The standard InChI is InChI=1S/C22H25FO3/c23-19-11-9-18(10-12-19)22(20-7-2-1-6-17(20)16-26-22)13-5-15-25-21-8-3-4-14-24-21/h1-2,6-7,9-12,21H,3-5,8,13-16H2. The number of ether oxygens (including phenoxy) is 3. The average Bonchev–Trinajstić information content (AvgIpc) is 3.07. The first-order chi connectivity index (χ1) is 12.8. The van der Waals surface area contributed by atoms with Gasteiger partial charge in [-0.25, -0.2) is 4.39 Å². The molecule has 2 aliphatic rings. The molecule has 0 aliphatic carbocycles. The Balaban J connectivity index is 1.50. The Morgan fingerprint density at radius 1 is 1.08 bits per heavy atom. The van der Waals surface area contributed by atoms with Gasteiger partial charge in [0.2, 0.25) is 0 Å². The number of halogens is 1. The molecule has 2 atom stereocenters. The quantitative estimate of drug-likeness (QED) is 0.688. The van der Waals surface area contributed by atoms with Crippen LogP contribution in [0.25, 0.3) is 0 Å². The predicted molar refractivity (Wildman–Crippen MR) is 97.2 cm³/mol. The van der Waals surface area contributed by atoms with Crippen LogP contribution in [0.3, 0.4) is 0 Å². The highest BCUT2D eigenvalue weighted by Crippen LogP contribution is 2.45. The first-order valence-corrected chi connectivity index (χ1v) is 9.49. The van der Waals surface area contributed by atoms with Crippen LogP contribution in [-0.2, 0) is 26.4 Å². The van der Waals surface area contributed by atoms with Gasteiger partial charge in [0.25, 0.3) is 0 Å². The van der Waals surface area contributed by atoms with E-state index in [0.29, 0.717) is 13.2 Å². The van der Waals surface area contributed by atoms with E-state index in [1.165, 1.54) is 29.7 Å². The van der Waals surface area contributed by atoms with Gasteiger partial charge in [-0.05, 0) is 60.9 Å². The maximum absolute atomic E-state index is 13.4. The van der Waals surface area contributed by atoms with Crippen LogP contribution in [0.15, 0.2) is 48.5 Å². The SMILES string of the molecule is Fc1ccc(C2(CCCOC3CCCCO3)OCc3ccccc32)cc1. The van der Waals surface area contributed by atoms with Crippen LogP contribution < -0.4 is 0 Å². The van der Waals surface area contributed by atoms with Gasteiger partial charge in [0.05, 0.1) is 6.61 Å². The lowest BCUT2D eigenvalue weighted by molar-refractivity contribution is -0.164. The van der Waals surface area contributed by atoms with Crippen LogP contribution in [0.5, 0.6) is 0 Å². The van der Waals surface area contributed by atoms with Crippen molar-refractivity contribution in [1.29, 1.82) is 0 Å². The Morgan fingerprint density at radius 2 is 1.92 bits per heavy atom. The van der Waals surface area contributed by atoms with E-state index in [-0.39, 0.29) is 12.1 Å². The third-order valence-corrected chi connectivity index (χ3v) is 5.35. The van der Waals surface area contributed by atoms with Gasteiger partial charge in [0.1, 0.15) is 11.4 Å². The van der Waals surface area contributed by atoms with Gasteiger partial charge in [0, 0.05) is 13.2 Å². The van der Waals surface area contributed by atoms with Crippen molar-refractivity contribution in [2.45, 2.75) is 50.6 Å². The van der Waals surface area contributed by atoms with Gasteiger partial charge in [0.15, 0.2) is 6.29 Å². The molecule has 0 aromatic heterocycles. The summed E-state index contributed by atoms with van der Waals surface area (Å²) in [6.07, 6.45) is 4.84. The van der Waals surface area contributed by atoms with E-state index >= 15 is 0 Å². The topological polar surface area (TPSA) is 27.7 Å². The summed E-state index contributed by atoms with van der Waals surface area (Å²) in [6, 6.07) is 15.0. The number of hydrogen-bond acceptors (Lipinski definition) is 3. The van der Waals surface area contributed by atoms with Crippen LogP contribution in [0.2, 0.25) is 0 Å². The normalized spacial score (nSPS) is 25.2. The summed E-state index contributed by atoms with van der Waals surface area (Å²) in [5, 5.41) is 0. The number of rotatable bonds is 6. The van der Waals surface area contributed by atoms with Crippen molar-refractivity contribution in [2.24, 2.45) is 0 Å². The van der Waals surface area contributed by atoms with Crippen molar-refractivity contribution in [1.82, 2.24) is 0 Å². The molecule has 4 heteroatoms. The molecule has 2 unspecified atom stereocenters. The number of fused-ring (bicyclic) bond motifs is 1. The lowest BCUT2D eigenvalue weighted by atomic mass is 9.82. The van der Waals surface area contributed by atoms with E-state index in [1.54, 1.807) is 0 Å². The Morgan fingerprint density at radius 3 is 2.73 bits per heavy atom. The fraction of sp³-hybridized carbons (Fsp3) is 0.455. The average molecular weight is 356 g/mol. The van der Waals surface area contributed by atoms with Crippen molar-refractivity contribution in [3.05, 3.63) is 71.0 Å². The largest absolute Gasteiger partial charge is 0.361 e. The van der Waals surface area contributed by atoms with Crippen LogP contribution in [0, 0.1) is 5.82 Å². The monoisotopic (exact) mass is 356 g/mol. The van der Waals surface area contributed by atoms with Gasteiger partial charge in [-0.2, -0.15) is 0 Å². The molecule has 0 radical (unpaired) electrons. The summed E-state index contributed by atoms with van der Waals surface area (Å²) >= 11 is 0. The van der Waals surface area contributed by atoms with Gasteiger partial charge in [-0.15, -0.1) is 0 Å².